The highest BCUT2D eigenvalue weighted by Gasteiger charge is 2.26. The van der Waals surface area contributed by atoms with Gasteiger partial charge in [0.2, 0.25) is 0 Å². The van der Waals surface area contributed by atoms with Crippen LogP contribution in [-0.2, 0) is 0 Å². The van der Waals surface area contributed by atoms with Gasteiger partial charge in [0.1, 0.15) is 5.75 Å². The zero-order chi connectivity index (χ0) is 14.0. The summed E-state index contributed by atoms with van der Waals surface area (Å²) in [5.74, 6) is 0.906. The molecule has 0 saturated carbocycles. The van der Waals surface area contributed by atoms with Crippen LogP contribution in [-0.4, -0.2) is 6.61 Å². The first kappa shape index (κ1) is 13.9. The number of ether oxygens (including phenoxy) is 1. The lowest BCUT2D eigenvalue weighted by Crippen LogP contribution is -2.27. The minimum Gasteiger partial charge on any atom is -0.494 e. The predicted molar refractivity (Wildman–Crippen MR) is 81.5 cm³/mol. The van der Waals surface area contributed by atoms with Crippen LogP contribution >= 0.6 is 0 Å². The standard InChI is InChI=1S/C17H23NO/c1-5-19-14-11-10-12-8-6-7-9-13(12)15(14)16(18)17(2,3)4/h6-11,16H,5,18H2,1-4H3/t16-/m1/s1. The number of rotatable bonds is 3. The van der Waals surface area contributed by atoms with Gasteiger partial charge in [-0.2, -0.15) is 0 Å². The van der Waals surface area contributed by atoms with Gasteiger partial charge in [-0.3, -0.25) is 0 Å². The minimum atomic E-state index is -0.0554. The van der Waals surface area contributed by atoms with E-state index in [0.29, 0.717) is 6.61 Å². The van der Waals surface area contributed by atoms with Crippen LogP contribution in [0.1, 0.15) is 39.3 Å². The molecule has 2 heteroatoms. The van der Waals surface area contributed by atoms with Crippen molar-refractivity contribution in [2.24, 2.45) is 11.1 Å². The summed E-state index contributed by atoms with van der Waals surface area (Å²) >= 11 is 0. The van der Waals surface area contributed by atoms with Crippen molar-refractivity contribution >= 4 is 10.8 Å². The lowest BCUT2D eigenvalue weighted by atomic mass is 9.81. The number of hydrogen-bond acceptors (Lipinski definition) is 2. The zero-order valence-corrected chi connectivity index (χ0v) is 12.2. The summed E-state index contributed by atoms with van der Waals surface area (Å²) in [4.78, 5) is 0. The topological polar surface area (TPSA) is 35.2 Å². The molecule has 0 spiro atoms. The third-order valence-electron chi connectivity index (χ3n) is 3.47. The van der Waals surface area contributed by atoms with E-state index in [2.05, 4.69) is 51.1 Å². The monoisotopic (exact) mass is 257 g/mol. The molecule has 102 valence electrons. The second kappa shape index (κ2) is 5.22. The highest BCUT2D eigenvalue weighted by molar-refractivity contribution is 5.88. The zero-order valence-electron chi connectivity index (χ0n) is 12.2. The molecular weight excluding hydrogens is 234 g/mol. The first-order valence-electron chi connectivity index (χ1n) is 6.85. The van der Waals surface area contributed by atoms with Crippen LogP contribution in [0.3, 0.4) is 0 Å². The maximum Gasteiger partial charge on any atom is 0.124 e. The van der Waals surface area contributed by atoms with Gasteiger partial charge in [0, 0.05) is 11.6 Å². The lowest BCUT2D eigenvalue weighted by molar-refractivity contribution is 0.300. The maximum atomic E-state index is 6.49. The lowest BCUT2D eigenvalue weighted by Gasteiger charge is -2.30. The Bertz CT molecular complexity index is 569. The van der Waals surface area contributed by atoms with E-state index in [9.17, 15) is 0 Å². The van der Waals surface area contributed by atoms with Crippen LogP contribution in [0.2, 0.25) is 0 Å². The summed E-state index contributed by atoms with van der Waals surface area (Å²) in [6.45, 7) is 9.14. The van der Waals surface area contributed by atoms with Gasteiger partial charge in [-0.15, -0.1) is 0 Å². The van der Waals surface area contributed by atoms with Crippen molar-refractivity contribution in [1.29, 1.82) is 0 Å². The minimum absolute atomic E-state index is 0.00399. The van der Waals surface area contributed by atoms with Gasteiger partial charge in [-0.05, 0) is 29.2 Å². The Morgan fingerprint density at radius 1 is 1.11 bits per heavy atom. The number of nitrogens with two attached hydrogens (primary N) is 1. The van der Waals surface area contributed by atoms with Gasteiger partial charge >= 0.3 is 0 Å². The van der Waals surface area contributed by atoms with E-state index in [1.165, 1.54) is 10.8 Å². The van der Waals surface area contributed by atoms with Crippen LogP contribution in [0.4, 0.5) is 0 Å². The SMILES string of the molecule is CCOc1ccc2ccccc2c1[C@@H](N)C(C)(C)C. The van der Waals surface area contributed by atoms with E-state index < -0.39 is 0 Å². The molecule has 0 radical (unpaired) electrons. The molecule has 0 aliphatic carbocycles. The second-order valence-corrected chi connectivity index (χ2v) is 5.98. The molecule has 0 aliphatic rings. The highest BCUT2D eigenvalue weighted by atomic mass is 16.5. The maximum absolute atomic E-state index is 6.49. The van der Waals surface area contributed by atoms with Crippen molar-refractivity contribution in [1.82, 2.24) is 0 Å². The summed E-state index contributed by atoms with van der Waals surface area (Å²) in [6.07, 6.45) is 0. The van der Waals surface area contributed by atoms with Crippen molar-refractivity contribution in [3.8, 4) is 5.75 Å². The fraction of sp³-hybridized carbons (Fsp3) is 0.412. The average molecular weight is 257 g/mol. The summed E-state index contributed by atoms with van der Waals surface area (Å²) in [6, 6.07) is 12.4. The third kappa shape index (κ3) is 2.74. The van der Waals surface area contributed by atoms with E-state index in [1.54, 1.807) is 0 Å². The summed E-state index contributed by atoms with van der Waals surface area (Å²) < 4.78 is 5.78. The van der Waals surface area contributed by atoms with E-state index >= 15 is 0 Å². The van der Waals surface area contributed by atoms with Crippen LogP contribution in [0.5, 0.6) is 5.75 Å². The number of benzene rings is 2. The largest absolute Gasteiger partial charge is 0.494 e. The normalized spacial score (nSPS) is 13.5. The molecule has 0 aliphatic heterocycles. The molecule has 2 aromatic rings. The average Bonchev–Trinajstić information content (AvgIpc) is 2.37. The van der Waals surface area contributed by atoms with Crippen LogP contribution < -0.4 is 10.5 Å². The molecule has 0 amide bonds. The highest BCUT2D eigenvalue weighted by Crippen LogP contribution is 2.39. The van der Waals surface area contributed by atoms with Gasteiger partial charge in [0.25, 0.3) is 0 Å². The molecule has 0 saturated heterocycles. The molecule has 0 aromatic heterocycles. The van der Waals surface area contributed by atoms with Crippen molar-refractivity contribution in [2.75, 3.05) is 6.61 Å². The Hall–Kier alpha value is -1.54. The first-order valence-corrected chi connectivity index (χ1v) is 6.85. The van der Waals surface area contributed by atoms with Crippen LogP contribution in [0, 0.1) is 5.41 Å². The van der Waals surface area contributed by atoms with Crippen molar-refractivity contribution < 1.29 is 4.74 Å². The second-order valence-electron chi connectivity index (χ2n) is 5.98. The predicted octanol–water partition coefficient (Wildman–Crippen LogP) is 4.28. The van der Waals surface area contributed by atoms with Gasteiger partial charge < -0.3 is 10.5 Å². The Labute approximate surface area is 115 Å². The molecule has 2 aromatic carbocycles. The quantitative estimate of drug-likeness (QED) is 0.890. The van der Waals surface area contributed by atoms with Gasteiger partial charge in [0.05, 0.1) is 6.61 Å². The van der Waals surface area contributed by atoms with Gasteiger partial charge in [-0.1, -0.05) is 51.1 Å². The van der Waals surface area contributed by atoms with E-state index in [4.69, 9.17) is 10.5 Å². The molecule has 0 bridgehead atoms. The fourth-order valence-corrected chi connectivity index (χ4v) is 2.31. The van der Waals surface area contributed by atoms with E-state index in [1.807, 2.05) is 13.0 Å². The molecule has 2 nitrogen and oxygen atoms in total. The molecule has 2 N–H and O–H groups in total. The van der Waals surface area contributed by atoms with Crippen LogP contribution in [0.25, 0.3) is 10.8 Å². The van der Waals surface area contributed by atoms with E-state index in [-0.39, 0.29) is 11.5 Å². The molecule has 0 unspecified atom stereocenters. The first-order chi connectivity index (χ1) is 8.95. The molecule has 0 fully saturated rings. The number of hydrogen-bond donors (Lipinski definition) is 1. The third-order valence-corrected chi connectivity index (χ3v) is 3.47. The Morgan fingerprint density at radius 3 is 2.42 bits per heavy atom. The number of fused-ring (bicyclic) bond motifs is 1. The molecule has 2 rings (SSSR count). The summed E-state index contributed by atoms with van der Waals surface area (Å²) in [5.41, 5.74) is 7.60. The van der Waals surface area contributed by atoms with Crippen molar-refractivity contribution in [3.05, 3.63) is 42.0 Å². The smallest absolute Gasteiger partial charge is 0.124 e. The molecule has 0 heterocycles. The van der Waals surface area contributed by atoms with Gasteiger partial charge in [-0.25, -0.2) is 0 Å². The summed E-state index contributed by atoms with van der Waals surface area (Å²) in [7, 11) is 0. The Kier molecular flexibility index (Phi) is 3.81. The van der Waals surface area contributed by atoms with Gasteiger partial charge in [0.15, 0.2) is 0 Å². The molecule has 1 atom stereocenters. The van der Waals surface area contributed by atoms with E-state index in [0.717, 1.165) is 11.3 Å². The van der Waals surface area contributed by atoms with Crippen molar-refractivity contribution in [2.45, 2.75) is 33.7 Å². The summed E-state index contributed by atoms with van der Waals surface area (Å²) in [5, 5.41) is 2.40. The molecule has 19 heavy (non-hydrogen) atoms. The molecular formula is C17H23NO. The van der Waals surface area contributed by atoms with Crippen LogP contribution in [0.15, 0.2) is 36.4 Å². The Morgan fingerprint density at radius 2 is 1.79 bits per heavy atom. The fourth-order valence-electron chi connectivity index (χ4n) is 2.31. The van der Waals surface area contributed by atoms with Crippen molar-refractivity contribution in [3.63, 3.8) is 0 Å². The Balaban J connectivity index is 2.68.